The first-order valence-corrected chi connectivity index (χ1v) is 10.1. The number of nitrogens with zero attached hydrogens (tertiary/aromatic N) is 2. The summed E-state index contributed by atoms with van der Waals surface area (Å²) in [5.74, 6) is -0.200. The molecule has 0 aromatic heterocycles. The van der Waals surface area contributed by atoms with E-state index in [-0.39, 0.29) is 5.69 Å². The van der Waals surface area contributed by atoms with Crippen LogP contribution >= 0.6 is 0 Å². The van der Waals surface area contributed by atoms with Crippen molar-refractivity contribution in [3.8, 4) is 11.5 Å². The molecule has 0 spiro atoms. The number of hydrogen-bond donors (Lipinski definition) is 1. The Labute approximate surface area is 161 Å². The fraction of sp³-hybridized carbons (Fsp3) is 0.222. The number of hydrogen-bond acceptors (Lipinski definition) is 6. The summed E-state index contributed by atoms with van der Waals surface area (Å²) in [5, 5.41) is 3.84. The van der Waals surface area contributed by atoms with Crippen LogP contribution in [-0.2, 0) is 14.8 Å². The van der Waals surface area contributed by atoms with Crippen LogP contribution in [-0.4, -0.2) is 46.6 Å². The van der Waals surface area contributed by atoms with E-state index < -0.39 is 28.3 Å². The van der Waals surface area contributed by atoms with Crippen molar-refractivity contribution in [1.29, 1.82) is 0 Å². The summed E-state index contributed by atoms with van der Waals surface area (Å²) in [5.41, 5.74) is 2.90. The van der Waals surface area contributed by atoms with Crippen LogP contribution in [0.25, 0.3) is 0 Å². The Balaban J connectivity index is 1.70. The second-order valence-electron chi connectivity index (χ2n) is 5.91. The summed E-state index contributed by atoms with van der Waals surface area (Å²) in [4.78, 5) is 12.2. The zero-order valence-electron chi connectivity index (χ0n) is 15.0. The smallest absolute Gasteiger partial charge is 0.260 e. The Morgan fingerprint density at radius 3 is 2.75 bits per heavy atom. The molecule has 0 fully saturated rings. The van der Waals surface area contributed by atoms with Crippen LogP contribution < -0.4 is 19.2 Å². The molecule has 0 saturated carbocycles. The van der Waals surface area contributed by atoms with E-state index in [0.29, 0.717) is 30.3 Å². The van der Waals surface area contributed by atoms with Gasteiger partial charge in [0, 0.05) is 5.56 Å². The van der Waals surface area contributed by atoms with Crippen molar-refractivity contribution in [2.24, 2.45) is 5.10 Å². The number of amides is 1. The van der Waals surface area contributed by atoms with Crippen molar-refractivity contribution in [3.63, 3.8) is 0 Å². The molecule has 1 N–H and O–H groups in total. The van der Waals surface area contributed by atoms with Gasteiger partial charge in [0.15, 0.2) is 11.5 Å². The Morgan fingerprint density at radius 2 is 2.00 bits per heavy atom. The Hall–Kier alpha value is -3.14. The van der Waals surface area contributed by atoms with Crippen LogP contribution in [0.1, 0.15) is 5.56 Å². The highest BCUT2D eigenvalue weighted by Crippen LogP contribution is 2.32. The number of carbonyl (C=O) groups excluding carboxylic acids is 1. The number of nitrogens with one attached hydrogen (secondary N) is 1. The topological polar surface area (TPSA) is 97.3 Å². The van der Waals surface area contributed by atoms with Crippen molar-refractivity contribution >= 4 is 27.8 Å². The fourth-order valence-corrected chi connectivity index (χ4v) is 3.42. The molecule has 0 unspecified atom stereocenters. The predicted octanol–water partition coefficient (Wildman–Crippen LogP) is 1.51. The van der Waals surface area contributed by atoms with E-state index in [1.165, 1.54) is 24.4 Å². The highest BCUT2D eigenvalue weighted by molar-refractivity contribution is 7.92. The van der Waals surface area contributed by atoms with Gasteiger partial charge in [-0.3, -0.25) is 9.10 Å². The minimum atomic E-state index is -3.80. The van der Waals surface area contributed by atoms with Gasteiger partial charge in [0.1, 0.15) is 25.6 Å². The first-order valence-electron chi connectivity index (χ1n) is 8.28. The number of carbonyl (C=O) groups is 1. The predicted molar refractivity (Wildman–Crippen MR) is 102 cm³/mol. The molecule has 1 aliphatic rings. The molecule has 2 aromatic carbocycles. The minimum absolute atomic E-state index is 0.0457. The molecule has 1 aliphatic heterocycles. The first kappa shape index (κ1) is 19.6. The van der Waals surface area contributed by atoms with Crippen LogP contribution in [0, 0.1) is 5.82 Å². The van der Waals surface area contributed by atoms with Crippen molar-refractivity contribution in [2.75, 3.05) is 30.3 Å². The lowest BCUT2D eigenvalue weighted by Gasteiger charge is -2.21. The van der Waals surface area contributed by atoms with Gasteiger partial charge in [-0.25, -0.2) is 18.2 Å². The maximum Gasteiger partial charge on any atom is 0.260 e. The number of halogens is 1. The van der Waals surface area contributed by atoms with E-state index in [9.17, 15) is 17.6 Å². The molecule has 0 bridgehead atoms. The lowest BCUT2D eigenvalue weighted by Crippen LogP contribution is -2.39. The monoisotopic (exact) mass is 407 g/mol. The van der Waals surface area contributed by atoms with Crippen molar-refractivity contribution < 1.29 is 27.1 Å². The molecule has 0 radical (unpaired) electrons. The standard InChI is InChI=1S/C18H18FN3O5S/c1-28(24,25)22(15-6-3-5-14(19)10-15)12-17(23)21-20-11-13-4-2-7-16-18(13)27-9-8-26-16/h2-7,10-11H,8-9,12H2,1H3,(H,21,23)/b20-11-. The van der Waals surface area contributed by atoms with Crippen molar-refractivity contribution in [1.82, 2.24) is 5.43 Å². The molecule has 2 aromatic rings. The molecule has 10 heteroatoms. The van der Waals surface area contributed by atoms with Crippen LogP contribution in [0.5, 0.6) is 11.5 Å². The van der Waals surface area contributed by atoms with E-state index in [1.807, 2.05) is 0 Å². The third-order valence-electron chi connectivity index (χ3n) is 3.77. The molecule has 148 valence electrons. The van der Waals surface area contributed by atoms with E-state index in [2.05, 4.69) is 10.5 Å². The van der Waals surface area contributed by atoms with E-state index >= 15 is 0 Å². The summed E-state index contributed by atoms with van der Waals surface area (Å²) < 4.78 is 49.2. The molecule has 0 aliphatic carbocycles. The summed E-state index contributed by atoms with van der Waals surface area (Å²) in [6.45, 7) is 0.305. The Morgan fingerprint density at radius 1 is 1.25 bits per heavy atom. The molecule has 0 atom stereocenters. The quantitative estimate of drug-likeness (QED) is 0.578. The summed E-state index contributed by atoms with van der Waals surface area (Å²) in [6, 6.07) is 10.2. The molecule has 1 amide bonds. The summed E-state index contributed by atoms with van der Waals surface area (Å²) in [6.07, 6.45) is 2.31. The molecular weight excluding hydrogens is 389 g/mol. The van der Waals surface area contributed by atoms with Gasteiger partial charge in [-0.2, -0.15) is 5.10 Å². The van der Waals surface area contributed by atoms with Crippen LogP contribution in [0.3, 0.4) is 0 Å². The SMILES string of the molecule is CS(=O)(=O)N(CC(=O)N/N=C\c1cccc2c1OCCO2)c1cccc(F)c1. The average molecular weight is 407 g/mol. The average Bonchev–Trinajstić information content (AvgIpc) is 2.65. The summed E-state index contributed by atoms with van der Waals surface area (Å²) in [7, 11) is -3.80. The number of sulfonamides is 1. The number of anilines is 1. The lowest BCUT2D eigenvalue weighted by atomic mass is 10.2. The molecule has 8 nitrogen and oxygen atoms in total. The molecule has 28 heavy (non-hydrogen) atoms. The van der Waals surface area contributed by atoms with Gasteiger partial charge in [-0.15, -0.1) is 0 Å². The largest absolute Gasteiger partial charge is 0.486 e. The zero-order valence-corrected chi connectivity index (χ0v) is 15.8. The van der Waals surface area contributed by atoms with Crippen LogP contribution in [0.15, 0.2) is 47.6 Å². The van der Waals surface area contributed by atoms with Gasteiger partial charge in [0.25, 0.3) is 5.91 Å². The van der Waals surface area contributed by atoms with Gasteiger partial charge in [-0.05, 0) is 30.3 Å². The lowest BCUT2D eigenvalue weighted by molar-refractivity contribution is -0.119. The second-order valence-corrected chi connectivity index (χ2v) is 7.82. The number of para-hydroxylation sites is 1. The van der Waals surface area contributed by atoms with Gasteiger partial charge in [0.05, 0.1) is 18.2 Å². The van der Waals surface area contributed by atoms with Gasteiger partial charge in [-0.1, -0.05) is 12.1 Å². The maximum atomic E-state index is 13.4. The fourth-order valence-electron chi connectivity index (χ4n) is 2.57. The second kappa shape index (κ2) is 8.26. The number of fused-ring (bicyclic) bond motifs is 1. The highest BCUT2D eigenvalue weighted by atomic mass is 32.2. The van der Waals surface area contributed by atoms with E-state index in [4.69, 9.17) is 9.47 Å². The number of ether oxygens (including phenoxy) is 2. The van der Waals surface area contributed by atoms with Crippen LogP contribution in [0.2, 0.25) is 0 Å². The van der Waals surface area contributed by atoms with Gasteiger partial charge in [0.2, 0.25) is 10.0 Å². The molecule has 3 rings (SSSR count). The van der Waals surface area contributed by atoms with Crippen molar-refractivity contribution in [3.05, 3.63) is 53.8 Å². The number of rotatable bonds is 6. The van der Waals surface area contributed by atoms with Crippen molar-refractivity contribution in [2.45, 2.75) is 0 Å². The number of benzene rings is 2. The Kier molecular flexibility index (Phi) is 5.78. The van der Waals surface area contributed by atoms with E-state index in [1.54, 1.807) is 18.2 Å². The molecular formula is C18H18FN3O5S. The Bertz CT molecular complexity index is 1010. The third kappa shape index (κ3) is 4.77. The summed E-state index contributed by atoms with van der Waals surface area (Å²) >= 11 is 0. The maximum absolute atomic E-state index is 13.4. The van der Waals surface area contributed by atoms with Gasteiger partial charge >= 0.3 is 0 Å². The minimum Gasteiger partial charge on any atom is -0.486 e. The van der Waals surface area contributed by atoms with Crippen LogP contribution in [0.4, 0.5) is 10.1 Å². The highest BCUT2D eigenvalue weighted by Gasteiger charge is 2.21. The van der Waals surface area contributed by atoms with E-state index in [0.717, 1.165) is 16.6 Å². The number of hydrazone groups is 1. The first-order chi connectivity index (χ1) is 13.3. The normalized spacial score (nSPS) is 13.4. The van der Waals surface area contributed by atoms with Gasteiger partial charge < -0.3 is 9.47 Å². The zero-order chi connectivity index (χ0) is 20.1. The molecule has 0 saturated heterocycles. The third-order valence-corrected chi connectivity index (χ3v) is 4.91. The molecule has 1 heterocycles.